The SMILES string of the molecule is C=C[C@H]1CN2CC[C@H]1C[C@@H]2[C@@H](O)c1ccnc2ccc(OC)cc12.O=C(O)[C@H](O)[C@@H](O)[C@H](O)[C@H](O)CO.OC1OC[C@@H](O)[C@H](O)[C@H]1O. The summed E-state index contributed by atoms with van der Waals surface area (Å²) in [5, 5.41) is 99.2. The van der Waals surface area contributed by atoms with Crippen LogP contribution in [0.3, 0.4) is 0 Å². The summed E-state index contributed by atoms with van der Waals surface area (Å²) in [6.07, 6.45) is -7.45. The van der Waals surface area contributed by atoms with Crippen molar-refractivity contribution in [2.45, 2.75) is 74.0 Å². The van der Waals surface area contributed by atoms with Crippen LogP contribution in [0, 0.1) is 11.8 Å². The van der Waals surface area contributed by atoms with Gasteiger partial charge in [0.1, 0.15) is 42.4 Å². The topological polar surface area (TPSA) is 274 Å². The Kier molecular flexibility index (Phi) is 14.4. The van der Waals surface area contributed by atoms with Gasteiger partial charge in [0, 0.05) is 24.2 Å². The number of aromatic nitrogens is 1. The van der Waals surface area contributed by atoms with Crippen molar-refractivity contribution in [2.24, 2.45) is 11.8 Å². The van der Waals surface area contributed by atoms with Crippen LogP contribution in [-0.4, -0.2) is 160 Å². The molecule has 4 aliphatic rings. The van der Waals surface area contributed by atoms with Crippen LogP contribution in [0.25, 0.3) is 10.9 Å². The lowest BCUT2D eigenvalue weighted by Crippen LogP contribution is -2.54. The molecule has 4 aliphatic heterocycles. The lowest BCUT2D eigenvalue weighted by atomic mass is 9.73. The first-order valence-electron chi connectivity index (χ1n) is 15.1. The predicted molar refractivity (Wildman–Crippen MR) is 164 cm³/mol. The van der Waals surface area contributed by atoms with Crippen molar-refractivity contribution in [1.29, 1.82) is 0 Å². The van der Waals surface area contributed by atoms with Crippen LogP contribution in [0.2, 0.25) is 0 Å². The molecular formula is C31H46N2O14. The molecule has 11 N–H and O–H groups in total. The average Bonchev–Trinajstić information content (AvgIpc) is 3.10. The Morgan fingerprint density at radius 3 is 2.36 bits per heavy atom. The molecule has 6 rings (SSSR count). The first-order valence-corrected chi connectivity index (χ1v) is 15.1. The second-order valence-electron chi connectivity index (χ2n) is 11.8. The van der Waals surface area contributed by atoms with E-state index in [-0.39, 0.29) is 12.6 Å². The van der Waals surface area contributed by atoms with Crippen molar-refractivity contribution < 1.29 is 70.4 Å². The summed E-state index contributed by atoms with van der Waals surface area (Å²) in [6, 6.07) is 7.96. The summed E-state index contributed by atoms with van der Waals surface area (Å²) >= 11 is 0. The Morgan fingerprint density at radius 2 is 1.81 bits per heavy atom. The molecular weight excluding hydrogens is 624 g/mol. The summed E-state index contributed by atoms with van der Waals surface area (Å²) in [4.78, 5) is 16.9. The van der Waals surface area contributed by atoms with Crippen LogP contribution in [-0.2, 0) is 9.53 Å². The van der Waals surface area contributed by atoms with Crippen LogP contribution in [0.15, 0.2) is 43.1 Å². The quantitative estimate of drug-likeness (QED) is 0.119. The third kappa shape index (κ3) is 9.41. The molecule has 0 spiro atoms. The highest BCUT2D eigenvalue weighted by Gasteiger charge is 2.42. The maximum absolute atomic E-state index is 11.2. The number of rotatable bonds is 9. The number of nitrogens with zero attached hydrogens (tertiary/aromatic N) is 2. The van der Waals surface area contributed by atoms with E-state index in [2.05, 4.69) is 27.3 Å². The van der Waals surface area contributed by atoms with Crippen LogP contribution in [0.5, 0.6) is 5.75 Å². The molecule has 2 unspecified atom stereocenters. The van der Waals surface area contributed by atoms with E-state index in [1.807, 2.05) is 24.3 Å². The van der Waals surface area contributed by atoms with Gasteiger partial charge in [0.15, 0.2) is 12.4 Å². The van der Waals surface area contributed by atoms with Gasteiger partial charge in [-0.15, -0.1) is 6.58 Å². The van der Waals surface area contributed by atoms with Crippen molar-refractivity contribution >= 4 is 16.9 Å². The summed E-state index contributed by atoms with van der Waals surface area (Å²) in [6.45, 7) is 5.07. The van der Waals surface area contributed by atoms with E-state index in [1.165, 1.54) is 6.42 Å². The first kappa shape index (κ1) is 38.6. The molecule has 0 aliphatic carbocycles. The summed E-state index contributed by atoms with van der Waals surface area (Å²) in [5.74, 6) is 0.282. The molecule has 47 heavy (non-hydrogen) atoms. The molecule has 16 nitrogen and oxygen atoms in total. The number of piperidine rings is 3. The molecule has 264 valence electrons. The van der Waals surface area contributed by atoms with Gasteiger partial charge in [-0.05, 0) is 61.1 Å². The maximum atomic E-state index is 11.2. The number of aliphatic hydroxyl groups excluding tert-OH is 10. The Balaban J connectivity index is 0.000000220. The zero-order chi connectivity index (χ0) is 35.0. The number of fused-ring (bicyclic) bond motifs is 4. The molecule has 2 bridgehead atoms. The second kappa shape index (κ2) is 17.5. The van der Waals surface area contributed by atoms with Gasteiger partial charge in [0.05, 0.1) is 31.9 Å². The summed E-state index contributed by atoms with van der Waals surface area (Å²) < 4.78 is 9.82. The van der Waals surface area contributed by atoms with E-state index in [0.717, 1.165) is 41.7 Å². The van der Waals surface area contributed by atoms with Crippen molar-refractivity contribution in [2.75, 3.05) is 33.4 Å². The van der Waals surface area contributed by atoms with E-state index < -0.39 is 67.7 Å². The fraction of sp³-hybridized carbons (Fsp3) is 0.613. The average molecular weight is 671 g/mol. The van der Waals surface area contributed by atoms with Crippen LogP contribution < -0.4 is 4.74 Å². The minimum Gasteiger partial charge on any atom is -0.497 e. The number of carbonyl (C=O) groups is 1. The normalized spacial score (nSPS) is 31.6. The Bertz CT molecular complexity index is 1290. The first-order chi connectivity index (χ1) is 22.2. The molecule has 1 aromatic carbocycles. The molecule has 0 amide bonds. The van der Waals surface area contributed by atoms with E-state index in [4.69, 9.17) is 55.8 Å². The monoisotopic (exact) mass is 670 g/mol. The molecule has 0 radical (unpaired) electrons. The number of hydrogen-bond donors (Lipinski definition) is 11. The van der Waals surface area contributed by atoms with Gasteiger partial charge in [-0.1, -0.05) is 6.08 Å². The number of carboxylic acid groups (broad SMARTS) is 1. The zero-order valence-corrected chi connectivity index (χ0v) is 25.9. The number of benzene rings is 1. The minimum atomic E-state index is -2.20. The van der Waals surface area contributed by atoms with Crippen molar-refractivity contribution in [3.63, 3.8) is 0 Å². The van der Waals surface area contributed by atoms with Gasteiger partial charge >= 0.3 is 5.97 Å². The van der Waals surface area contributed by atoms with Gasteiger partial charge in [-0.2, -0.15) is 0 Å². The number of ether oxygens (including phenoxy) is 2. The number of aliphatic carboxylic acids is 1. The lowest BCUT2D eigenvalue weighted by Gasteiger charge is -2.50. The fourth-order valence-electron chi connectivity index (χ4n) is 5.90. The standard InChI is InChI=1S/C20H24N2O2.C6H12O7.C5H10O5/c1-3-13-12-22-9-7-14(13)10-19(22)20(23)16-6-8-21-18-5-4-15(24-2)11-17(16)18;7-1-2(8)3(9)4(10)5(11)6(12)13;6-2-1-10-5(9)4(8)3(2)7/h3-6,8,11,13-14,19-20,23H,1,7,9-10,12H2,2H3;2-5,7-11H,1H2,(H,12,13);2-9H,1H2/t13-,14-,19+,20-;2-,3-,4+,5-;2-,3+,4-,5?/m011/s1. The smallest absolute Gasteiger partial charge is 0.335 e. The number of hydrogen-bond acceptors (Lipinski definition) is 15. The number of methoxy groups -OCH3 is 1. The molecule has 16 heteroatoms. The van der Waals surface area contributed by atoms with E-state index >= 15 is 0 Å². The summed E-state index contributed by atoms with van der Waals surface area (Å²) in [5.41, 5.74) is 1.85. The zero-order valence-electron chi connectivity index (χ0n) is 25.9. The van der Waals surface area contributed by atoms with E-state index in [0.29, 0.717) is 11.8 Å². The molecule has 4 saturated heterocycles. The minimum absolute atomic E-state index is 0.153. The Hall–Kier alpha value is -2.84. The van der Waals surface area contributed by atoms with Crippen LogP contribution >= 0.6 is 0 Å². The van der Waals surface area contributed by atoms with Gasteiger partial charge in [0.2, 0.25) is 0 Å². The van der Waals surface area contributed by atoms with Crippen molar-refractivity contribution in [1.82, 2.24) is 9.88 Å². The highest BCUT2D eigenvalue weighted by atomic mass is 16.6. The fourth-order valence-corrected chi connectivity index (χ4v) is 5.90. The Labute approximate surface area is 271 Å². The third-order valence-corrected chi connectivity index (χ3v) is 8.80. The lowest BCUT2D eigenvalue weighted by molar-refractivity contribution is -0.252. The van der Waals surface area contributed by atoms with Gasteiger partial charge in [0.25, 0.3) is 0 Å². The predicted octanol–water partition coefficient (Wildman–Crippen LogP) is -2.90. The van der Waals surface area contributed by atoms with Crippen molar-refractivity contribution in [3.05, 3.63) is 48.7 Å². The molecule has 4 fully saturated rings. The van der Waals surface area contributed by atoms with Crippen LogP contribution in [0.1, 0.15) is 24.5 Å². The highest BCUT2D eigenvalue weighted by Crippen LogP contribution is 2.42. The van der Waals surface area contributed by atoms with E-state index in [9.17, 15) is 9.90 Å². The molecule has 2 aromatic rings. The van der Waals surface area contributed by atoms with Gasteiger partial charge < -0.3 is 65.6 Å². The maximum Gasteiger partial charge on any atom is 0.335 e. The number of carboxylic acids is 1. The third-order valence-electron chi connectivity index (χ3n) is 8.80. The molecule has 1 aromatic heterocycles. The second-order valence-corrected chi connectivity index (χ2v) is 11.8. The number of aliphatic hydroxyl groups is 10. The van der Waals surface area contributed by atoms with E-state index in [1.54, 1.807) is 13.3 Å². The highest BCUT2D eigenvalue weighted by molar-refractivity contribution is 5.84. The summed E-state index contributed by atoms with van der Waals surface area (Å²) in [7, 11) is 1.66. The molecule has 0 saturated carbocycles. The Morgan fingerprint density at radius 1 is 1.11 bits per heavy atom. The number of pyridine rings is 1. The van der Waals surface area contributed by atoms with Crippen LogP contribution in [0.4, 0.5) is 0 Å². The largest absolute Gasteiger partial charge is 0.497 e. The molecule has 13 atom stereocenters. The van der Waals surface area contributed by atoms with Gasteiger partial charge in [-0.25, -0.2) is 4.79 Å². The molecule has 5 heterocycles. The van der Waals surface area contributed by atoms with Gasteiger partial charge in [-0.3, -0.25) is 9.88 Å². The van der Waals surface area contributed by atoms with Crippen molar-refractivity contribution in [3.8, 4) is 5.75 Å².